The number of rotatable bonds is 2. The number of hydrogen-bond acceptors (Lipinski definition) is 4. The molecule has 0 aliphatic carbocycles. The molecular weight excluding hydrogens is 297 g/mol. The van der Waals surface area contributed by atoms with E-state index < -0.39 is 18.3 Å². The highest BCUT2D eigenvalue weighted by atomic mass is 35.5. The summed E-state index contributed by atoms with van der Waals surface area (Å²) in [6.45, 7) is 2.48. The maximum Gasteiger partial charge on any atom is 0.408 e. The molecule has 1 N–H and O–H groups in total. The Bertz CT molecular complexity index is 545. The van der Waals surface area contributed by atoms with Crippen LogP contribution in [0.4, 0.5) is 18.9 Å². The van der Waals surface area contributed by atoms with Crippen molar-refractivity contribution in [2.75, 3.05) is 24.5 Å². The Kier molecular flexibility index (Phi) is 4.24. The first-order chi connectivity index (χ1) is 9.28. The lowest BCUT2D eigenvalue weighted by atomic mass is 10.2. The van der Waals surface area contributed by atoms with E-state index in [1.54, 1.807) is 0 Å². The van der Waals surface area contributed by atoms with Gasteiger partial charge < -0.3 is 10.2 Å². The normalized spacial score (nSPS) is 20.2. The smallest absolute Gasteiger partial charge is 0.366 e. The summed E-state index contributed by atoms with van der Waals surface area (Å²) in [6.07, 6.45) is -3.29. The monoisotopic (exact) mass is 310 g/mol. The molecule has 0 amide bonds. The van der Waals surface area contributed by atoms with Gasteiger partial charge in [0, 0.05) is 25.7 Å². The van der Waals surface area contributed by atoms with Crippen LogP contribution in [0.3, 0.4) is 0 Å². The van der Waals surface area contributed by atoms with Crippen LogP contribution in [-0.2, 0) is 6.54 Å². The minimum absolute atomic E-state index is 0.206. The maximum absolute atomic E-state index is 12.3. The first-order valence-corrected chi connectivity index (χ1v) is 6.46. The topological polar surface area (TPSA) is 50.2 Å². The van der Waals surface area contributed by atoms with Gasteiger partial charge in [-0.05, 0) is 6.92 Å². The van der Waals surface area contributed by atoms with Crippen LogP contribution >= 0.6 is 11.6 Å². The van der Waals surface area contributed by atoms with Crippen molar-refractivity contribution >= 4 is 17.3 Å². The number of alkyl halides is 3. The van der Waals surface area contributed by atoms with Crippen LogP contribution in [0.2, 0.25) is 5.02 Å². The van der Waals surface area contributed by atoms with Gasteiger partial charge in [-0.1, -0.05) is 11.6 Å². The SMILES string of the molecule is CC1CN(c2cnn(CC(F)(F)F)c(=O)c2Cl)CCN1. The molecule has 0 saturated carbocycles. The van der Waals surface area contributed by atoms with Gasteiger partial charge in [0.2, 0.25) is 0 Å². The summed E-state index contributed by atoms with van der Waals surface area (Å²) in [6, 6.07) is 0.206. The number of nitrogens with one attached hydrogen (secondary N) is 1. The molecule has 2 rings (SSSR count). The molecule has 1 aliphatic rings. The average Bonchev–Trinajstić information content (AvgIpc) is 2.34. The lowest BCUT2D eigenvalue weighted by Crippen LogP contribution is -2.49. The second kappa shape index (κ2) is 5.61. The fourth-order valence-corrected chi connectivity index (χ4v) is 2.38. The average molecular weight is 311 g/mol. The minimum Gasteiger partial charge on any atom is -0.366 e. The molecule has 0 radical (unpaired) electrons. The summed E-state index contributed by atoms with van der Waals surface area (Å²) in [5.74, 6) is 0. The Morgan fingerprint density at radius 1 is 1.55 bits per heavy atom. The molecule has 0 spiro atoms. The molecule has 1 aliphatic heterocycles. The molecule has 2 heterocycles. The van der Waals surface area contributed by atoms with E-state index in [9.17, 15) is 18.0 Å². The van der Waals surface area contributed by atoms with E-state index in [0.29, 0.717) is 30.0 Å². The van der Waals surface area contributed by atoms with Crippen molar-refractivity contribution in [1.29, 1.82) is 0 Å². The molecule has 5 nitrogen and oxygen atoms in total. The van der Waals surface area contributed by atoms with Crippen molar-refractivity contribution in [1.82, 2.24) is 15.1 Å². The van der Waals surface area contributed by atoms with E-state index in [4.69, 9.17) is 11.6 Å². The van der Waals surface area contributed by atoms with E-state index in [0.717, 1.165) is 0 Å². The molecular formula is C11H14ClF3N4O. The quantitative estimate of drug-likeness (QED) is 0.893. The number of aromatic nitrogens is 2. The molecule has 1 fully saturated rings. The second-order valence-corrected chi connectivity index (χ2v) is 5.10. The summed E-state index contributed by atoms with van der Waals surface area (Å²) in [7, 11) is 0. The van der Waals surface area contributed by atoms with Crippen LogP contribution in [0.15, 0.2) is 11.0 Å². The zero-order valence-corrected chi connectivity index (χ0v) is 11.5. The molecule has 1 unspecified atom stereocenters. The summed E-state index contributed by atoms with van der Waals surface area (Å²) < 4.78 is 37.2. The van der Waals surface area contributed by atoms with Gasteiger partial charge in [-0.3, -0.25) is 4.79 Å². The predicted octanol–water partition coefficient (Wildman–Crippen LogP) is 1.26. The van der Waals surface area contributed by atoms with Crippen LogP contribution in [0.25, 0.3) is 0 Å². The van der Waals surface area contributed by atoms with Crippen LogP contribution in [0.1, 0.15) is 6.92 Å². The Labute approximate surface area is 118 Å². The Morgan fingerprint density at radius 3 is 2.85 bits per heavy atom. The summed E-state index contributed by atoms with van der Waals surface area (Å²) >= 11 is 5.91. The fraction of sp³-hybridized carbons (Fsp3) is 0.636. The van der Waals surface area contributed by atoms with Gasteiger partial charge in [-0.2, -0.15) is 18.3 Å². The fourth-order valence-electron chi connectivity index (χ4n) is 2.11. The molecule has 20 heavy (non-hydrogen) atoms. The van der Waals surface area contributed by atoms with Crippen molar-refractivity contribution < 1.29 is 13.2 Å². The summed E-state index contributed by atoms with van der Waals surface area (Å²) in [5, 5.41) is 6.56. The standard InChI is InChI=1S/C11H14ClF3N4O/c1-7-5-18(3-2-16-7)8-4-17-19(6-11(13,14)15)10(20)9(8)12/h4,7,16H,2-3,5-6H2,1H3. The van der Waals surface area contributed by atoms with Gasteiger partial charge in [0.05, 0.1) is 11.9 Å². The molecule has 9 heteroatoms. The van der Waals surface area contributed by atoms with Crippen molar-refractivity contribution in [2.45, 2.75) is 25.7 Å². The molecule has 1 aromatic heterocycles. The number of anilines is 1. The summed E-state index contributed by atoms with van der Waals surface area (Å²) in [4.78, 5) is 13.7. The lowest BCUT2D eigenvalue weighted by Gasteiger charge is -2.33. The first kappa shape index (κ1) is 15.1. The highest BCUT2D eigenvalue weighted by molar-refractivity contribution is 6.33. The van der Waals surface area contributed by atoms with E-state index in [1.165, 1.54) is 6.20 Å². The summed E-state index contributed by atoms with van der Waals surface area (Å²) in [5.41, 5.74) is -0.545. The highest BCUT2D eigenvalue weighted by Gasteiger charge is 2.30. The number of nitrogens with zero attached hydrogens (tertiary/aromatic N) is 3. The van der Waals surface area contributed by atoms with Crippen LogP contribution in [0.5, 0.6) is 0 Å². The zero-order chi connectivity index (χ0) is 14.9. The van der Waals surface area contributed by atoms with Gasteiger partial charge in [-0.15, -0.1) is 0 Å². The lowest BCUT2D eigenvalue weighted by molar-refractivity contribution is -0.143. The van der Waals surface area contributed by atoms with E-state index in [-0.39, 0.29) is 11.1 Å². The third-order valence-electron chi connectivity index (χ3n) is 3.00. The third-order valence-corrected chi connectivity index (χ3v) is 3.36. The van der Waals surface area contributed by atoms with Crippen LogP contribution in [0, 0.1) is 0 Å². The zero-order valence-electron chi connectivity index (χ0n) is 10.7. The van der Waals surface area contributed by atoms with E-state index in [2.05, 4.69) is 10.4 Å². The molecule has 1 saturated heterocycles. The number of hydrogen-bond donors (Lipinski definition) is 1. The molecule has 1 atom stereocenters. The second-order valence-electron chi connectivity index (χ2n) is 4.72. The van der Waals surface area contributed by atoms with Gasteiger partial charge in [0.15, 0.2) is 0 Å². The number of halogens is 4. The Morgan fingerprint density at radius 2 is 2.25 bits per heavy atom. The van der Waals surface area contributed by atoms with Crippen molar-refractivity contribution in [3.8, 4) is 0 Å². The molecule has 0 bridgehead atoms. The van der Waals surface area contributed by atoms with Crippen molar-refractivity contribution in [3.05, 3.63) is 21.6 Å². The Hall–Kier alpha value is -1.28. The van der Waals surface area contributed by atoms with Gasteiger partial charge >= 0.3 is 6.18 Å². The van der Waals surface area contributed by atoms with Gasteiger partial charge in [-0.25, -0.2) is 4.68 Å². The van der Waals surface area contributed by atoms with E-state index in [1.807, 2.05) is 11.8 Å². The first-order valence-electron chi connectivity index (χ1n) is 6.08. The Balaban J connectivity index is 2.29. The van der Waals surface area contributed by atoms with Crippen LogP contribution in [-0.4, -0.2) is 41.6 Å². The van der Waals surface area contributed by atoms with Crippen molar-refractivity contribution in [3.63, 3.8) is 0 Å². The largest absolute Gasteiger partial charge is 0.408 e. The van der Waals surface area contributed by atoms with Crippen molar-refractivity contribution in [2.24, 2.45) is 0 Å². The van der Waals surface area contributed by atoms with Gasteiger partial charge in [0.25, 0.3) is 5.56 Å². The molecule has 0 aromatic carbocycles. The molecule has 112 valence electrons. The van der Waals surface area contributed by atoms with E-state index >= 15 is 0 Å². The minimum atomic E-state index is -4.51. The van der Waals surface area contributed by atoms with Gasteiger partial charge in [0.1, 0.15) is 11.6 Å². The molecule has 1 aromatic rings. The third kappa shape index (κ3) is 3.43. The number of piperazine rings is 1. The van der Waals surface area contributed by atoms with Crippen LogP contribution < -0.4 is 15.8 Å². The predicted molar refractivity (Wildman–Crippen MR) is 69.2 cm³/mol. The highest BCUT2D eigenvalue weighted by Crippen LogP contribution is 2.23. The maximum atomic E-state index is 12.3.